The van der Waals surface area contributed by atoms with Crippen LogP contribution in [0.2, 0.25) is 0 Å². The van der Waals surface area contributed by atoms with Crippen molar-refractivity contribution in [3.63, 3.8) is 0 Å². The Kier molecular flexibility index (Phi) is 4.06. The minimum atomic E-state index is -1.09. The van der Waals surface area contributed by atoms with E-state index in [1.165, 1.54) is 4.90 Å². The van der Waals surface area contributed by atoms with E-state index in [-0.39, 0.29) is 11.3 Å². The fourth-order valence-corrected chi connectivity index (χ4v) is 3.69. The van der Waals surface area contributed by atoms with E-state index in [1.807, 2.05) is 27.7 Å². The monoisotopic (exact) mass is 311 g/mol. The number of carbonyl (C=O) groups is 2. The van der Waals surface area contributed by atoms with Crippen LogP contribution < -0.4 is 0 Å². The Morgan fingerprint density at radius 1 is 1.43 bits per heavy atom. The minimum Gasteiger partial charge on any atom is -0.479 e. The molecule has 0 aromatic carbocycles. The summed E-state index contributed by atoms with van der Waals surface area (Å²) in [5.41, 5.74) is -0.744. The molecule has 21 heavy (non-hydrogen) atoms. The minimum absolute atomic E-state index is 0.253. The average molecular weight is 311 g/mol. The highest BCUT2D eigenvalue weighted by atomic mass is 32.1. The number of hydrogen-bond acceptors (Lipinski definition) is 5. The number of likely N-dealkylation sites (tertiary alicyclic amines) is 1. The third kappa shape index (κ3) is 2.54. The molecule has 116 valence electrons. The van der Waals surface area contributed by atoms with Gasteiger partial charge in [-0.3, -0.25) is 4.79 Å². The number of carboxylic acid groups (broad SMARTS) is 1. The molecule has 0 saturated carbocycles. The van der Waals surface area contributed by atoms with Gasteiger partial charge in [0.1, 0.15) is 10.4 Å². The zero-order valence-corrected chi connectivity index (χ0v) is 13.7. The lowest BCUT2D eigenvalue weighted by atomic mass is 9.90. The van der Waals surface area contributed by atoms with E-state index < -0.39 is 11.5 Å². The average Bonchev–Trinajstić information content (AvgIpc) is 3.04. The highest BCUT2D eigenvalue weighted by Gasteiger charge is 2.49. The van der Waals surface area contributed by atoms with Crippen LogP contribution in [0.4, 0.5) is 0 Å². The molecule has 0 aliphatic carbocycles. The van der Waals surface area contributed by atoms with Crippen molar-refractivity contribution in [3.05, 3.63) is 10.6 Å². The maximum atomic E-state index is 12.8. The maximum absolute atomic E-state index is 12.8. The molecule has 2 heterocycles. The zero-order chi connectivity index (χ0) is 15.8. The summed E-state index contributed by atoms with van der Waals surface area (Å²) in [6, 6.07) is 0. The van der Waals surface area contributed by atoms with E-state index in [2.05, 4.69) is 9.59 Å². The molecule has 1 aliphatic heterocycles. The number of aromatic nitrogens is 2. The normalized spacial score (nSPS) is 22.6. The van der Waals surface area contributed by atoms with Gasteiger partial charge in [-0.15, -0.1) is 5.10 Å². The first kappa shape index (κ1) is 15.9. The van der Waals surface area contributed by atoms with Gasteiger partial charge < -0.3 is 10.0 Å². The number of rotatable bonds is 3. The van der Waals surface area contributed by atoms with Gasteiger partial charge in [0.05, 0.1) is 5.69 Å². The lowest BCUT2D eigenvalue weighted by Crippen LogP contribution is -2.52. The number of amides is 1. The molecular formula is C14H21N3O3S. The number of aliphatic carboxylic acids is 1. The highest BCUT2D eigenvalue weighted by molar-refractivity contribution is 7.08. The molecule has 1 N–H and O–H groups in total. The summed E-state index contributed by atoms with van der Waals surface area (Å²) in [7, 11) is 0. The van der Waals surface area contributed by atoms with Crippen LogP contribution >= 0.6 is 11.5 Å². The number of nitrogens with zero attached hydrogens (tertiary/aromatic N) is 3. The molecule has 6 nitrogen and oxygen atoms in total. The predicted octanol–water partition coefficient (Wildman–Crippen LogP) is 2.31. The Bertz CT molecular complexity index is 564. The van der Waals surface area contributed by atoms with Crippen molar-refractivity contribution < 1.29 is 14.7 Å². The third-order valence-corrected chi connectivity index (χ3v) is 4.82. The highest BCUT2D eigenvalue weighted by Crippen LogP contribution is 2.36. The predicted molar refractivity (Wildman–Crippen MR) is 79.5 cm³/mol. The molecule has 2 rings (SSSR count). The first-order chi connectivity index (χ1) is 9.74. The molecule has 1 amide bonds. The lowest BCUT2D eigenvalue weighted by Gasteiger charge is -2.34. The molecule has 1 aromatic rings. The topological polar surface area (TPSA) is 83.4 Å². The van der Waals surface area contributed by atoms with Gasteiger partial charge in [-0.05, 0) is 30.8 Å². The Morgan fingerprint density at radius 2 is 2.10 bits per heavy atom. The van der Waals surface area contributed by atoms with E-state index in [0.29, 0.717) is 36.4 Å². The lowest BCUT2D eigenvalue weighted by molar-refractivity contribution is -0.148. The Morgan fingerprint density at radius 3 is 2.62 bits per heavy atom. The van der Waals surface area contributed by atoms with E-state index in [4.69, 9.17) is 0 Å². The van der Waals surface area contributed by atoms with Gasteiger partial charge in [0.15, 0.2) is 0 Å². The molecule has 0 spiro atoms. The number of carbonyl (C=O) groups excluding carboxylic acids is 1. The van der Waals surface area contributed by atoms with Crippen LogP contribution in [0.5, 0.6) is 0 Å². The number of carboxylic acids is 1. The quantitative estimate of drug-likeness (QED) is 0.926. The fourth-order valence-electron chi connectivity index (χ4n) is 2.86. The summed E-state index contributed by atoms with van der Waals surface area (Å²) < 4.78 is 3.90. The molecule has 7 heteroatoms. The summed E-state index contributed by atoms with van der Waals surface area (Å²) in [5, 5.41) is 13.7. The molecule has 0 bridgehead atoms. The second-order valence-electron chi connectivity index (χ2n) is 6.45. The first-order valence-corrected chi connectivity index (χ1v) is 7.89. The Hall–Kier alpha value is -1.50. The van der Waals surface area contributed by atoms with Crippen LogP contribution in [-0.2, 0) is 10.2 Å². The molecule has 1 saturated heterocycles. The summed E-state index contributed by atoms with van der Waals surface area (Å²) in [6.45, 7) is 8.19. The molecule has 1 aromatic heterocycles. The number of hydrogen-bond donors (Lipinski definition) is 1. The maximum Gasteiger partial charge on any atom is 0.329 e. The standard InChI is InChI=1S/C14H21N3O3S/c1-5-14(12(19)20)7-6-8-17(14)11(18)9-10(13(2,3)4)15-16-21-9/h5-8H2,1-4H3,(H,19,20). The second kappa shape index (κ2) is 5.36. The van der Waals surface area contributed by atoms with Crippen molar-refractivity contribution in [1.29, 1.82) is 0 Å². The van der Waals surface area contributed by atoms with Crippen LogP contribution in [-0.4, -0.2) is 43.6 Å². The van der Waals surface area contributed by atoms with E-state index >= 15 is 0 Å². The van der Waals surface area contributed by atoms with Crippen LogP contribution in [0.3, 0.4) is 0 Å². The summed E-state index contributed by atoms with van der Waals surface area (Å²) in [5.74, 6) is -1.18. The van der Waals surface area contributed by atoms with Gasteiger partial charge in [0.25, 0.3) is 5.91 Å². The zero-order valence-electron chi connectivity index (χ0n) is 12.8. The van der Waals surface area contributed by atoms with Gasteiger partial charge in [-0.1, -0.05) is 32.2 Å². The van der Waals surface area contributed by atoms with Crippen LogP contribution in [0, 0.1) is 0 Å². The largest absolute Gasteiger partial charge is 0.479 e. The van der Waals surface area contributed by atoms with Gasteiger partial charge in [-0.25, -0.2) is 4.79 Å². The summed E-state index contributed by atoms with van der Waals surface area (Å²) in [6.07, 6.45) is 1.62. The SMILES string of the molecule is CCC1(C(=O)O)CCCN1C(=O)c1snnc1C(C)(C)C. The second-order valence-corrected chi connectivity index (χ2v) is 7.21. The van der Waals surface area contributed by atoms with E-state index in [9.17, 15) is 14.7 Å². The van der Waals surface area contributed by atoms with Crippen molar-refractivity contribution in [2.75, 3.05) is 6.54 Å². The summed E-state index contributed by atoms with van der Waals surface area (Å²) >= 11 is 1.05. The Labute approximate surface area is 128 Å². The van der Waals surface area contributed by atoms with E-state index in [0.717, 1.165) is 11.5 Å². The van der Waals surface area contributed by atoms with E-state index in [1.54, 1.807) is 0 Å². The molecule has 1 atom stereocenters. The van der Waals surface area contributed by atoms with Gasteiger partial charge in [0.2, 0.25) is 0 Å². The third-order valence-electron chi connectivity index (χ3n) is 4.11. The Balaban J connectivity index is 2.41. The molecule has 1 unspecified atom stereocenters. The van der Waals surface area contributed by atoms with Gasteiger partial charge in [-0.2, -0.15) is 0 Å². The van der Waals surface area contributed by atoms with Crippen molar-refractivity contribution in [3.8, 4) is 0 Å². The smallest absolute Gasteiger partial charge is 0.329 e. The van der Waals surface area contributed by atoms with Crippen molar-refractivity contribution in [2.45, 2.75) is 57.9 Å². The van der Waals surface area contributed by atoms with Crippen molar-refractivity contribution >= 4 is 23.4 Å². The first-order valence-electron chi connectivity index (χ1n) is 7.12. The summed E-state index contributed by atoms with van der Waals surface area (Å²) in [4.78, 5) is 26.5. The fraction of sp³-hybridized carbons (Fsp3) is 0.714. The van der Waals surface area contributed by atoms with Gasteiger partial charge >= 0.3 is 5.97 Å². The molecular weight excluding hydrogens is 290 g/mol. The molecule has 1 aliphatic rings. The van der Waals surface area contributed by atoms with Crippen molar-refractivity contribution in [2.24, 2.45) is 0 Å². The molecule has 1 fully saturated rings. The van der Waals surface area contributed by atoms with Crippen LogP contribution in [0.25, 0.3) is 0 Å². The molecule has 0 radical (unpaired) electrons. The van der Waals surface area contributed by atoms with Crippen LogP contribution in [0.1, 0.15) is 62.3 Å². The van der Waals surface area contributed by atoms with Gasteiger partial charge in [0, 0.05) is 12.0 Å². The van der Waals surface area contributed by atoms with Crippen molar-refractivity contribution in [1.82, 2.24) is 14.5 Å². The van der Waals surface area contributed by atoms with Crippen LogP contribution in [0.15, 0.2) is 0 Å².